The maximum Gasteiger partial charge on any atom is 0.243 e. The fraction of sp³-hybridized carbons (Fsp3) is 0.571. The number of nitrogens with two attached hydrogens (primary N) is 1. The summed E-state index contributed by atoms with van der Waals surface area (Å²) >= 11 is 5.78. The van der Waals surface area contributed by atoms with Crippen molar-refractivity contribution in [2.45, 2.75) is 44.0 Å². The molecule has 3 N–H and O–H groups in total. The monoisotopic (exact) mass is 334 g/mol. The van der Waals surface area contributed by atoms with E-state index < -0.39 is 20.7 Å². The van der Waals surface area contributed by atoms with Crippen LogP contribution in [0.1, 0.15) is 33.1 Å². The largest absolute Gasteiger partial charge is 0.396 e. The first-order valence-corrected chi connectivity index (χ1v) is 8.85. The molecule has 0 aliphatic heterocycles. The Kier molecular flexibility index (Phi) is 4.80. The van der Waals surface area contributed by atoms with Crippen LogP contribution in [0.2, 0.25) is 5.02 Å². The first-order valence-electron chi connectivity index (χ1n) is 6.99. The maximum absolute atomic E-state index is 14.0. The lowest BCUT2D eigenvalue weighted by molar-refractivity contribution is 0.227. The lowest BCUT2D eigenvalue weighted by Crippen LogP contribution is -2.43. The maximum atomic E-state index is 14.0. The van der Waals surface area contributed by atoms with Gasteiger partial charge in [-0.05, 0) is 30.4 Å². The Bertz CT molecular complexity index is 636. The van der Waals surface area contributed by atoms with E-state index in [9.17, 15) is 12.8 Å². The fourth-order valence-corrected chi connectivity index (χ4v) is 4.58. The molecule has 0 bridgehead atoms. The molecule has 0 radical (unpaired) electrons. The highest BCUT2D eigenvalue weighted by atomic mass is 35.5. The number of nitrogens with one attached hydrogen (secondary N) is 1. The van der Waals surface area contributed by atoms with Crippen LogP contribution in [-0.2, 0) is 10.0 Å². The van der Waals surface area contributed by atoms with Gasteiger partial charge in [0.05, 0.1) is 5.69 Å². The number of halogens is 2. The summed E-state index contributed by atoms with van der Waals surface area (Å²) in [5.74, 6) is -0.322. The number of hydrogen-bond acceptors (Lipinski definition) is 3. The number of sulfonamides is 1. The number of hydrogen-bond donors (Lipinski definition) is 2. The minimum absolute atomic E-state index is 0.0966. The Balaban J connectivity index is 2.31. The molecule has 3 atom stereocenters. The van der Waals surface area contributed by atoms with Crippen molar-refractivity contribution in [2.75, 3.05) is 5.73 Å². The van der Waals surface area contributed by atoms with E-state index in [1.54, 1.807) is 0 Å². The second-order valence-electron chi connectivity index (χ2n) is 5.80. The molecule has 0 heterocycles. The summed E-state index contributed by atoms with van der Waals surface area (Å²) in [7, 11) is -3.98. The summed E-state index contributed by atoms with van der Waals surface area (Å²) in [4.78, 5) is -0.488. The summed E-state index contributed by atoms with van der Waals surface area (Å²) in [6, 6.07) is 2.09. The van der Waals surface area contributed by atoms with Crippen molar-refractivity contribution in [3.63, 3.8) is 0 Å². The molecule has 0 aromatic heterocycles. The molecule has 0 saturated heterocycles. The van der Waals surface area contributed by atoms with Crippen LogP contribution in [0.25, 0.3) is 0 Å². The number of anilines is 1. The third-order valence-corrected chi connectivity index (χ3v) is 6.04. The summed E-state index contributed by atoms with van der Waals surface area (Å²) in [6.45, 7) is 4.11. The third-order valence-electron chi connectivity index (χ3n) is 4.34. The van der Waals surface area contributed by atoms with Crippen molar-refractivity contribution in [2.24, 2.45) is 11.8 Å². The molecule has 7 heteroatoms. The van der Waals surface area contributed by atoms with Crippen molar-refractivity contribution in [3.05, 3.63) is 23.0 Å². The van der Waals surface area contributed by atoms with Gasteiger partial charge in [-0.25, -0.2) is 17.5 Å². The van der Waals surface area contributed by atoms with Crippen molar-refractivity contribution in [3.8, 4) is 0 Å². The molecule has 1 fully saturated rings. The van der Waals surface area contributed by atoms with Crippen LogP contribution in [0.3, 0.4) is 0 Å². The molecule has 0 amide bonds. The molecule has 1 aromatic rings. The van der Waals surface area contributed by atoms with E-state index in [2.05, 4.69) is 11.6 Å². The smallest absolute Gasteiger partial charge is 0.243 e. The molecule has 0 spiro atoms. The Morgan fingerprint density at radius 3 is 2.67 bits per heavy atom. The van der Waals surface area contributed by atoms with Gasteiger partial charge in [-0.15, -0.1) is 0 Å². The van der Waals surface area contributed by atoms with Crippen LogP contribution < -0.4 is 10.5 Å². The highest BCUT2D eigenvalue weighted by Gasteiger charge is 2.32. The minimum Gasteiger partial charge on any atom is -0.396 e. The van der Waals surface area contributed by atoms with Crippen LogP contribution >= 0.6 is 11.6 Å². The molecule has 1 aliphatic carbocycles. The average Bonchev–Trinajstić information content (AvgIpc) is 2.39. The number of benzene rings is 1. The van der Waals surface area contributed by atoms with E-state index in [0.29, 0.717) is 5.92 Å². The molecular formula is C14H20ClFN2O2S. The second-order valence-corrected chi connectivity index (χ2v) is 7.92. The van der Waals surface area contributed by atoms with Gasteiger partial charge >= 0.3 is 0 Å². The molecular weight excluding hydrogens is 315 g/mol. The molecule has 3 unspecified atom stereocenters. The van der Waals surface area contributed by atoms with Gasteiger partial charge < -0.3 is 5.73 Å². The fourth-order valence-electron chi connectivity index (χ4n) is 2.79. The standard InChI is InChI=1S/C14H20ClFN2O2S/c1-8-4-3-5-12(9(8)2)18-21(19,20)13-7-10(15)6-11(17)14(13)16/h6-9,12,18H,3-5,17H2,1-2H3. The number of rotatable bonds is 3. The van der Waals surface area contributed by atoms with E-state index in [4.69, 9.17) is 17.3 Å². The van der Waals surface area contributed by atoms with Gasteiger partial charge in [0.15, 0.2) is 5.82 Å². The van der Waals surface area contributed by atoms with E-state index in [1.165, 1.54) is 6.07 Å². The first kappa shape index (κ1) is 16.5. The van der Waals surface area contributed by atoms with Gasteiger partial charge in [-0.3, -0.25) is 0 Å². The Morgan fingerprint density at radius 1 is 1.33 bits per heavy atom. The molecule has 2 rings (SSSR count). The zero-order valence-corrected chi connectivity index (χ0v) is 13.6. The van der Waals surface area contributed by atoms with Crippen molar-refractivity contribution in [1.82, 2.24) is 4.72 Å². The van der Waals surface area contributed by atoms with Crippen molar-refractivity contribution >= 4 is 27.3 Å². The van der Waals surface area contributed by atoms with Gasteiger partial charge in [0.1, 0.15) is 4.90 Å². The van der Waals surface area contributed by atoms with E-state index in [0.717, 1.165) is 25.3 Å². The molecule has 1 aromatic carbocycles. The van der Waals surface area contributed by atoms with Gasteiger partial charge in [-0.2, -0.15) is 0 Å². The van der Waals surface area contributed by atoms with Crippen molar-refractivity contribution in [1.29, 1.82) is 0 Å². The van der Waals surface area contributed by atoms with E-state index in [-0.39, 0.29) is 22.7 Å². The lowest BCUT2D eigenvalue weighted by atomic mass is 9.78. The lowest BCUT2D eigenvalue weighted by Gasteiger charge is -2.34. The molecule has 1 aliphatic rings. The minimum atomic E-state index is -3.98. The Morgan fingerprint density at radius 2 is 2.00 bits per heavy atom. The second kappa shape index (κ2) is 6.10. The molecule has 1 saturated carbocycles. The summed E-state index contributed by atoms with van der Waals surface area (Å²) in [5, 5.41) is 0.0966. The first-order chi connectivity index (χ1) is 9.72. The van der Waals surface area contributed by atoms with E-state index in [1.807, 2.05) is 6.92 Å². The molecule has 21 heavy (non-hydrogen) atoms. The zero-order valence-electron chi connectivity index (χ0n) is 12.1. The third kappa shape index (κ3) is 3.49. The van der Waals surface area contributed by atoms with Crippen LogP contribution in [-0.4, -0.2) is 14.5 Å². The van der Waals surface area contributed by atoms with E-state index >= 15 is 0 Å². The van der Waals surface area contributed by atoms with Crippen LogP contribution in [0, 0.1) is 17.7 Å². The van der Waals surface area contributed by atoms with Crippen LogP contribution in [0.5, 0.6) is 0 Å². The quantitative estimate of drug-likeness (QED) is 0.834. The number of nitrogen functional groups attached to an aromatic ring is 1. The normalized spacial score (nSPS) is 26.8. The Labute approximate surface area is 129 Å². The Hall–Kier alpha value is -0.850. The highest BCUT2D eigenvalue weighted by molar-refractivity contribution is 7.89. The topological polar surface area (TPSA) is 72.2 Å². The van der Waals surface area contributed by atoms with Gasteiger partial charge in [0, 0.05) is 11.1 Å². The predicted octanol–water partition coefficient (Wildman–Crippen LogP) is 3.16. The zero-order chi connectivity index (χ0) is 15.8. The van der Waals surface area contributed by atoms with Crippen LogP contribution in [0.4, 0.5) is 10.1 Å². The van der Waals surface area contributed by atoms with Gasteiger partial charge in [-0.1, -0.05) is 38.3 Å². The highest BCUT2D eigenvalue weighted by Crippen LogP contribution is 2.31. The summed E-state index contributed by atoms with van der Waals surface area (Å²) < 4.78 is 41.4. The summed E-state index contributed by atoms with van der Waals surface area (Å²) in [5.41, 5.74) is 5.18. The average molecular weight is 335 g/mol. The summed E-state index contributed by atoms with van der Waals surface area (Å²) in [6.07, 6.45) is 2.79. The molecule has 4 nitrogen and oxygen atoms in total. The van der Waals surface area contributed by atoms with Crippen molar-refractivity contribution < 1.29 is 12.8 Å². The SMILES string of the molecule is CC1CCCC(NS(=O)(=O)c2cc(Cl)cc(N)c2F)C1C. The molecule has 118 valence electrons. The van der Waals surface area contributed by atoms with Gasteiger partial charge in [0.25, 0.3) is 0 Å². The van der Waals surface area contributed by atoms with Gasteiger partial charge in [0.2, 0.25) is 10.0 Å². The predicted molar refractivity (Wildman–Crippen MR) is 82.1 cm³/mol. The van der Waals surface area contributed by atoms with Crippen LogP contribution in [0.15, 0.2) is 17.0 Å².